The summed E-state index contributed by atoms with van der Waals surface area (Å²) in [4.78, 5) is 0.665. The second-order valence-electron chi connectivity index (χ2n) is 6.57. The van der Waals surface area contributed by atoms with Gasteiger partial charge in [0.15, 0.2) is 5.40 Å². The minimum absolute atomic E-state index is 0.0723. The third-order valence-corrected chi connectivity index (χ3v) is 11.4. The quantitative estimate of drug-likeness (QED) is 0.246. The average molecular weight is 490 g/mol. The molecule has 0 aliphatic heterocycles. The number of benzene rings is 2. The predicted molar refractivity (Wildman–Crippen MR) is 127 cm³/mol. The fraction of sp³-hybridized carbons (Fsp3) is 0.524. The molecule has 2 aromatic rings. The molecule has 0 fully saturated rings. The van der Waals surface area contributed by atoms with Crippen molar-refractivity contribution in [1.29, 1.82) is 0 Å². The maximum Gasteiger partial charge on any atom is 0.346 e. The van der Waals surface area contributed by atoms with E-state index >= 15 is 0 Å². The molecule has 0 aromatic heterocycles. The zero-order valence-corrected chi connectivity index (χ0v) is 21.3. The van der Waals surface area contributed by atoms with Gasteiger partial charge in [0.05, 0.1) is 26.4 Å². The Balaban J connectivity index is 2.72. The van der Waals surface area contributed by atoms with Crippen LogP contribution in [0.25, 0.3) is 10.8 Å². The van der Waals surface area contributed by atoms with E-state index in [0.717, 1.165) is 10.9 Å². The van der Waals surface area contributed by atoms with E-state index in [1.807, 2.05) is 36.6 Å². The first-order chi connectivity index (χ1) is 14.8. The number of aromatic hydroxyl groups is 1. The Morgan fingerprint density at radius 3 is 1.74 bits per heavy atom. The highest BCUT2D eigenvalue weighted by atomic mass is 32.2. The molecule has 0 aliphatic rings. The molecule has 0 saturated carbocycles. The molecule has 7 nitrogen and oxygen atoms in total. The molecule has 10 heteroatoms. The molecule has 0 spiro atoms. The van der Waals surface area contributed by atoms with Gasteiger partial charge in [-0.2, -0.15) is 0 Å². The highest BCUT2D eigenvalue weighted by Gasteiger charge is 2.50. The molecule has 0 radical (unpaired) electrons. The summed E-state index contributed by atoms with van der Waals surface area (Å²) in [5, 5.41) is 10.9. The van der Waals surface area contributed by atoms with Crippen molar-refractivity contribution in [3.63, 3.8) is 0 Å². The summed E-state index contributed by atoms with van der Waals surface area (Å²) in [7, 11) is -7.74. The number of fused-ring (bicyclic) bond motifs is 1. The number of phenolic OH excluding ortho intramolecular Hbond substituents is 1. The molecule has 2 aromatic carbocycles. The summed E-state index contributed by atoms with van der Waals surface area (Å²) >= 11 is 1.39. The lowest BCUT2D eigenvalue weighted by atomic mass is 10.0. The van der Waals surface area contributed by atoms with Crippen LogP contribution in [0.2, 0.25) is 0 Å². The third-order valence-electron chi connectivity index (χ3n) is 4.66. The molecule has 0 unspecified atom stereocenters. The minimum atomic E-state index is -3.87. The standard InChI is InChI=1S/C21H32O7P2S/c1-6-25-29(23,26-7-2)20(30(24,27-8-3)28-9-4)15-16-14-19(31-5)21(22)18-13-11-10-12-17(16)18/h10-14,20,22H,6-9,15H2,1-5H3. The van der Waals surface area contributed by atoms with Gasteiger partial charge in [0, 0.05) is 10.3 Å². The summed E-state index contributed by atoms with van der Waals surface area (Å²) in [6, 6.07) is 9.19. The number of thioether (sulfide) groups is 1. The molecule has 0 atom stereocenters. The van der Waals surface area contributed by atoms with Crippen molar-refractivity contribution in [1.82, 2.24) is 0 Å². The lowest BCUT2D eigenvalue weighted by Crippen LogP contribution is -2.20. The van der Waals surface area contributed by atoms with Crippen molar-refractivity contribution >= 4 is 37.7 Å². The summed E-state index contributed by atoms with van der Waals surface area (Å²) in [6.07, 6.45) is 1.94. The molecular formula is C21H32O7P2S. The molecule has 0 amide bonds. The average Bonchev–Trinajstić information content (AvgIpc) is 2.74. The fourth-order valence-corrected chi connectivity index (χ4v) is 9.33. The molecule has 2 rings (SSSR count). The summed E-state index contributed by atoms with van der Waals surface area (Å²) < 4.78 is 50.0. The first-order valence-corrected chi connectivity index (χ1v) is 14.8. The first kappa shape index (κ1) is 26.4. The molecular weight excluding hydrogens is 458 g/mol. The first-order valence-electron chi connectivity index (χ1n) is 10.3. The Kier molecular flexibility index (Phi) is 10.1. The summed E-state index contributed by atoms with van der Waals surface area (Å²) in [5.74, 6) is 0.180. The van der Waals surface area contributed by atoms with Crippen LogP contribution in [-0.2, 0) is 33.6 Å². The monoisotopic (exact) mass is 490 g/mol. The smallest absolute Gasteiger partial charge is 0.346 e. The normalized spacial score (nSPS) is 12.7. The van der Waals surface area contributed by atoms with Crippen LogP contribution >= 0.6 is 27.0 Å². The van der Waals surface area contributed by atoms with Gasteiger partial charge in [-0.15, -0.1) is 11.8 Å². The van der Waals surface area contributed by atoms with E-state index in [2.05, 4.69) is 0 Å². The zero-order chi connectivity index (χ0) is 23.1. The number of phenols is 1. The van der Waals surface area contributed by atoms with E-state index in [0.29, 0.717) is 10.3 Å². The van der Waals surface area contributed by atoms with Gasteiger partial charge in [0.25, 0.3) is 0 Å². The molecule has 174 valence electrons. The van der Waals surface area contributed by atoms with E-state index in [9.17, 15) is 14.2 Å². The largest absolute Gasteiger partial charge is 0.506 e. The fourth-order valence-electron chi connectivity index (χ4n) is 3.46. The van der Waals surface area contributed by atoms with E-state index in [1.54, 1.807) is 27.7 Å². The van der Waals surface area contributed by atoms with E-state index in [1.165, 1.54) is 11.8 Å². The molecule has 31 heavy (non-hydrogen) atoms. The van der Waals surface area contributed by atoms with Gasteiger partial charge in [-0.05, 0) is 57.4 Å². The predicted octanol–water partition coefficient (Wildman–Crippen LogP) is 6.67. The van der Waals surface area contributed by atoms with E-state index in [4.69, 9.17) is 18.1 Å². The zero-order valence-electron chi connectivity index (χ0n) is 18.7. The molecule has 0 saturated heterocycles. The molecule has 0 heterocycles. The Morgan fingerprint density at radius 2 is 1.32 bits per heavy atom. The lowest BCUT2D eigenvalue weighted by Gasteiger charge is -2.31. The van der Waals surface area contributed by atoms with Crippen LogP contribution in [0, 0.1) is 0 Å². The molecule has 0 aliphatic carbocycles. The van der Waals surface area contributed by atoms with Crippen molar-refractivity contribution in [2.75, 3.05) is 32.7 Å². The van der Waals surface area contributed by atoms with Crippen molar-refractivity contribution in [3.8, 4) is 5.75 Å². The Bertz CT molecular complexity index is 916. The van der Waals surface area contributed by atoms with Crippen molar-refractivity contribution in [2.45, 2.75) is 44.4 Å². The highest BCUT2D eigenvalue weighted by molar-refractivity contribution is 7.98. The van der Waals surface area contributed by atoms with Gasteiger partial charge in [0.1, 0.15) is 5.75 Å². The maximum atomic E-state index is 13.8. The third kappa shape index (κ3) is 5.94. The Hall–Kier alpha value is -0.850. The van der Waals surface area contributed by atoms with Gasteiger partial charge in [0.2, 0.25) is 0 Å². The number of hydrogen-bond acceptors (Lipinski definition) is 8. The summed E-state index contributed by atoms with van der Waals surface area (Å²) in [5.41, 5.74) is 0.752. The van der Waals surface area contributed by atoms with Crippen LogP contribution < -0.4 is 0 Å². The van der Waals surface area contributed by atoms with E-state index < -0.39 is 20.6 Å². The van der Waals surface area contributed by atoms with Gasteiger partial charge in [-0.3, -0.25) is 9.13 Å². The van der Waals surface area contributed by atoms with Crippen LogP contribution in [0.3, 0.4) is 0 Å². The van der Waals surface area contributed by atoms with Crippen LogP contribution in [0.4, 0.5) is 0 Å². The van der Waals surface area contributed by atoms with Gasteiger partial charge < -0.3 is 23.2 Å². The molecule has 0 bridgehead atoms. The van der Waals surface area contributed by atoms with Gasteiger partial charge in [-0.25, -0.2) is 0 Å². The van der Waals surface area contributed by atoms with Gasteiger partial charge in [-0.1, -0.05) is 24.3 Å². The Labute approximate surface area is 188 Å². The van der Waals surface area contributed by atoms with Crippen LogP contribution in [-0.4, -0.2) is 43.2 Å². The van der Waals surface area contributed by atoms with E-state index in [-0.39, 0.29) is 38.6 Å². The molecule has 1 N–H and O–H groups in total. The number of rotatable bonds is 13. The second kappa shape index (κ2) is 11.9. The van der Waals surface area contributed by atoms with Gasteiger partial charge >= 0.3 is 15.2 Å². The topological polar surface area (TPSA) is 91.3 Å². The minimum Gasteiger partial charge on any atom is -0.506 e. The van der Waals surface area contributed by atoms with Crippen LogP contribution in [0.1, 0.15) is 33.3 Å². The SMILES string of the molecule is CCOP(=O)(OCC)C(Cc1cc(SC)c(O)c2ccccc12)P(=O)(OCC)OCC. The number of hydrogen-bond donors (Lipinski definition) is 1. The lowest BCUT2D eigenvalue weighted by molar-refractivity contribution is 0.195. The second-order valence-corrected chi connectivity index (χ2v) is 12.3. The van der Waals surface area contributed by atoms with Crippen LogP contribution in [0.15, 0.2) is 35.2 Å². The summed E-state index contributed by atoms with van der Waals surface area (Å²) in [6.45, 7) is 7.31. The van der Waals surface area contributed by atoms with Crippen molar-refractivity contribution in [3.05, 3.63) is 35.9 Å². The Morgan fingerprint density at radius 1 is 0.871 bits per heavy atom. The van der Waals surface area contributed by atoms with Crippen molar-refractivity contribution < 1.29 is 32.3 Å². The highest BCUT2D eigenvalue weighted by Crippen LogP contribution is 2.71. The van der Waals surface area contributed by atoms with Crippen molar-refractivity contribution in [2.24, 2.45) is 0 Å². The maximum absolute atomic E-state index is 13.8. The van der Waals surface area contributed by atoms with Crippen LogP contribution in [0.5, 0.6) is 5.75 Å².